The number of rotatable bonds is 4. The van der Waals surface area contributed by atoms with Crippen LogP contribution in [0.15, 0.2) is 10.6 Å². The second kappa shape index (κ2) is 6.63. The van der Waals surface area contributed by atoms with Crippen LogP contribution in [0.1, 0.15) is 65.7 Å². The molecule has 0 spiro atoms. The number of fused-ring (bicyclic) bond motifs is 1. The van der Waals surface area contributed by atoms with E-state index < -0.39 is 0 Å². The highest BCUT2D eigenvalue weighted by Crippen LogP contribution is 2.41. The van der Waals surface area contributed by atoms with E-state index in [0.29, 0.717) is 17.2 Å². The molecule has 138 valence electrons. The molecule has 2 aromatic rings. The Hall–Kier alpha value is -1.99. The summed E-state index contributed by atoms with van der Waals surface area (Å²) in [6.07, 6.45) is 5.24. The van der Waals surface area contributed by atoms with Crippen molar-refractivity contribution < 1.29 is 9.32 Å². The molecule has 2 aromatic heterocycles. The fourth-order valence-electron chi connectivity index (χ4n) is 4.16. The van der Waals surface area contributed by atoms with E-state index in [9.17, 15) is 4.79 Å². The van der Waals surface area contributed by atoms with Gasteiger partial charge in [0.15, 0.2) is 0 Å². The topological polar surface area (TPSA) is 92.1 Å². The van der Waals surface area contributed by atoms with E-state index >= 15 is 0 Å². The molecule has 0 bridgehead atoms. The lowest BCUT2D eigenvalue weighted by atomic mass is 9.98. The zero-order chi connectivity index (χ0) is 17.5. The third-order valence-electron chi connectivity index (χ3n) is 5.85. The number of aromatic nitrogens is 2. The molecule has 1 unspecified atom stereocenters. The highest BCUT2D eigenvalue weighted by molar-refractivity contribution is 6.06. The molecule has 1 aliphatic carbocycles. The molecular weight excluding hydrogens is 330 g/mol. The summed E-state index contributed by atoms with van der Waals surface area (Å²) >= 11 is 0. The van der Waals surface area contributed by atoms with Gasteiger partial charge in [-0.05, 0) is 57.8 Å². The minimum absolute atomic E-state index is 0.0124. The van der Waals surface area contributed by atoms with Gasteiger partial charge in [-0.25, -0.2) is 4.98 Å². The smallest absolute Gasteiger partial charge is 0.259 e. The largest absolute Gasteiger partial charge is 0.349 e. The lowest BCUT2D eigenvalue weighted by Crippen LogP contribution is -2.42. The third kappa shape index (κ3) is 2.99. The van der Waals surface area contributed by atoms with E-state index in [1.165, 1.54) is 0 Å². The van der Waals surface area contributed by atoms with Crippen molar-refractivity contribution in [2.24, 2.45) is 0 Å². The van der Waals surface area contributed by atoms with Gasteiger partial charge in [0, 0.05) is 30.1 Å². The maximum Gasteiger partial charge on any atom is 0.259 e. The summed E-state index contributed by atoms with van der Waals surface area (Å²) in [4.78, 5) is 17.8. The molecule has 7 heteroatoms. The van der Waals surface area contributed by atoms with Crippen molar-refractivity contribution in [2.75, 3.05) is 26.2 Å². The van der Waals surface area contributed by atoms with Crippen LogP contribution in [0, 0.1) is 0 Å². The highest BCUT2D eigenvalue weighted by atomic mass is 16.5. The van der Waals surface area contributed by atoms with Gasteiger partial charge >= 0.3 is 0 Å². The number of hydrogen-bond acceptors (Lipinski definition) is 6. The molecule has 1 atom stereocenters. The molecule has 4 heterocycles. The molecule has 2 saturated heterocycles. The zero-order valence-corrected chi connectivity index (χ0v) is 14.9. The Bertz CT molecular complexity index is 817. The summed E-state index contributed by atoms with van der Waals surface area (Å²) in [6.45, 7) is 3.76. The summed E-state index contributed by atoms with van der Waals surface area (Å²) in [5.41, 5.74) is 3.07. The maximum absolute atomic E-state index is 13.1. The van der Waals surface area contributed by atoms with E-state index in [-0.39, 0.29) is 17.9 Å². The first-order valence-electron chi connectivity index (χ1n) is 9.82. The summed E-state index contributed by atoms with van der Waals surface area (Å²) in [5, 5.41) is 15.1. The van der Waals surface area contributed by atoms with Crippen molar-refractivity contribution >= 4 is 17.0 Å². The van der Waals surface area contributed by atoms with E-state index in [4.69, 9.17) is 4.52 Å². The molecule has 7 nitrogen and oxygen atoms in total. The molecule has 3 aliphatic rings. The number of pyridine rings is 1. The Kier molecular flexibility index (Phi) is 4.13. The number of nitrogens with zero attached hydrogens (tertiary/aromatic N) is 2. The number of amides is 1. The Labute approximate surface area is 152 Å². The second-order valence-electron chi connectivity index (χ2n) is 7.80. The van der Waals surface area contributed by atoms with Crippen molar-refractivity contribution in [3.63, 3.8) is 0 Å². The van der Waals surface area contributed by atoms with Crippen LogP contribution < -0.4 is 16.0 Å². The lowest BCUT2D eigenvalue weighted by molar-refractivity contribution is 0.0931. The predicted octanol–water partition coefficient (Wildman–Crippen LogP) is 1.66. The number of piperidine rings is 1. The fourth-order valence-corrected chi connectivity index (χ4v) is 4.16. The highest BCUT2D eigenvalue weighted by Gasteiger charge is 2.32. The summed E-state index contributed by atoms with van der Waals surface area (Å²) in [7, 11) is 0. The van der Waals surface area contributed by atoms with E-state index in [0.717, 1.165) is 75.1 Å². The van der Waals surface area contributed by atoms with Gasteiger partial charge in [-0.1, -0.05) is 5.16 Å². The normalized spacial score (nSPS) is 24.2. The van der Waals surface area contributed by atoms with Crippen molar-refractivity contribution in [2.45, 2.75) is 50.0 Å². The molecule has 5 rings (SSSR count). The number of carbonyl (C=O) groups is 1. The predicted molar refractivity (Wildman–Crippen MR) is 97.4 cm³/mol. The molecular formula is C19H25N5O2. The molecule has 26 heavy (non-hydrogen) atoms. The van der Waals surface area contributed by atoms with Gasteiger partial charge < -0.3 is 20.5 Å². The Morgan fingerprint density at radius 2 is 1.88 bits per heavy atom. The van der Waals surface area contributed by atoms with Crippen molar-refractivity contribution in [3.05, 3.63) is 23.0 Å². The van der Waals surface area contributed by atoms with Crippen LogP contribution in [0.4, 0.5) is 0 Å². The van der Waals surface area contributed by atoms with Crippen LogP contribution in [-0.2, 0) is 0 Å². The quantitative estimate of drug-likeness (QED) is 0.772. The molecule has 3 fully saturated rings. The van der Waals surface area contributed by atoms with Crippen molar-refractivity contribution in [1.29, 1.82) is 0 Å². The SMILES string of the molecule is O=C(NC1CCNCC1)c1cc(C2CC2)nc2onc(C3CCNC3)c12. The number of nitrogens with one attached hydrogen (secondary N) is 3. The van der Waals surface area contributed by atoms with Crippen LogP contribution in [0.5, 0.6) is 0 Å². The minimum atomic E-state index is -0.0124. The molecule has 0 aromatic carbocycles. The Morgan fingerprint density at radius 3 is 2.62 bits per heavy atom. The third-order valence-corrected chi connectivity index (χ3v) is 5.85. The van der Waals surface area contributed by atoms with Gasteiger partial charge in [0.1, 0.15) is 0 Å². The monoisotopic (exact) mass is 355 g/mol. The second-order valence-corrected chi connectivity index (χ2v) is 7.80. The van der Waals surface area contributed by atoms with Crippen LogP contribution in [0.25, 0.3) is 11.1 Å². The Morgan fingerprint density at radius 1 is 1.08 bits per heavy atom. The van der Waals surface area contributed by atoms with Crippen molar-refractivity contribution in [3.8, 4) is 0 Å². The van der Waals surface area contributed by atoms with Gasteiger partial charge in [0.05, 0.1) is 16.6 Å². The summed E-state index contributed by atoms with van der Waals surface area (Å²) in [5.74, 6) is 0.739. The van der Waals surface area contributed by atoms with Gasteiger partial charge in [-0.3, -0.25) is 4.79 Å². The van der Waals surface area contributed by atoms with Gasteiger partial charge in [0.2, 0.25) is 0 Å². The zero-order valence-electron chi connectivity index (χ0n) is 14.9. The summed E-state index contributed by atoms with van der Waals surface area (Å²) < 4.78 is 5.58. The van der Waals surface area contributed by atoms with Crippen LogP contribution in [0.3, 0.4) is 0 Å². The first-order valence-corrected chi connectivity index (χ1v) is 9.82. The molecule has 0 radical (unpaired) electrons. The van der Waals surface area contributed by atoms with E-state index in [2.05, 4.69) is 26.1 Å². The number of hydrogen-bond donors (Lipinski definition) is 3. The molecule has 3 N–H and O–H groups in total. The fraction of sp³-hybridized carbons (Fsp3) is 0.632. The average Bonchev–Trinajstić information content (AvgIpc) is 3.21. The van der Waals surface area contributed by atoms with E-state index in [1.54, 1.807) is 0 Å². The number of carbonyl (C=O) groups excluding carboxylic acids is 1. The Balaban J connectivity index is 1.53. The van der Waals surface area contributed by atoms with Crippen LogP contribution in [-0.4, -0.2) is 48.3 Å². The first-order chi connectivity index (χ1) is 12.8. The molecule has 2 aliphatic heterocycles. The van der Waals surface area contributed by atoms with Crippen LogP contribution in [0.2, 0.25) is 0 Å². The average molecular weight is 355 g/mol. The standard InChI is InChI=1S/C19H25N5O2/c25-18(22-13-4-7-20-8-5-13)14-9-15(11-1-2-11)23-19-16(14)17(24-26-19)12-3-6-21-10-12/h9,11-13,20-21H,1-8,10H2,(H,22,25). The summed E-state index contributed by atoms with van der Waals surface area (Å²) in [6, 6.07) is 2.22. The minimum Gasteiger partial charge on any atom is -0.349 e. The molecule has 1 amide bonds. The lowest BCUT2D eigenvalue weighted by Gasteiger charge is -2.24. The maximum atomic E-state index is 13.1. The molecule has 1 saturated carbocycles. The van der Waals surface area contributed by atoms with E-state index in [1.807, 2.05) is 6.07 Å². The first kappa shape index (κ1) is 16.2. The van der Waals surface area contributed by atoms with Crippen LogP contribution >= 0.6 is 0 Å². The van der Waals surface area contributed by atoms with Gasteiger partial charge in [-0.2, -0.15) is 0 Å². The van der Waals surface area contributed by atoms with Crippen molar-refractivity contribution in [1.82, 2.24) is 26.1 Å². The van der Waals surface area contributed by atoms with Gasteiger partial charge in [0.25, 0.3) is 11.6 Å². The van der Waals surface area contributed by atoms with Gasteiger partial charge in [-0.15, -0.1) is 0 Å².